The molecular weight excluding hydrogens is 224 g/mol. The van der Waals surface area contributed by atoms with E-state index in [1.807, 2.05) is 0 Å². The van der Waals surface area contributed by atoms with Crippen molar-refractivity contribution in [1.29, 1.82) is 0 Å². The molecule has 108 valence electrons. The van der Waals surface area contributed by atoms with E-state index in [2.05, 4.69) is 37.7 Å². The molecule has 2 atom stereocenters. The van der Waals surface area contributed by atoms with Gasteiger partial charge >= 0.3 is 0 Å². The lowest BCUT2D eigenvalue weighted by molar-refractivity contribution is 0.126. The van der Waals surface area contributed by atoms with Crippen LogP contribution in [-0.4, -0.2) is 62.2 Å². The first-order valence-corrected chi connectivity index (χ1v) is 7.19. The molecule has 4 N–H and O–H groups in total. The lowest BCUT2D eigenvalue weighted by Crippen LogP contribution is -2.51. The number of piperidine rings is 2. The molecule has 2 unspecified atom stereocenters. The van der Waals surface area contributed by atoms with E-state index in [0.717, 1.165) is 13.1 Å². The van der Waals surface area contributed by atoms with Gasteiger partial charge in [0.1, 0.15) is 0 Å². The summed E-state index contributed by atoms with van der Waals surface area (Å²) in [5.41, 5.74) is 12.0. The maximum absolute atomic E-state index is 5.96. The highest BCUT2D eigenvalue weighted by atomic mass is 15.1. The molecule has 18 heavy (non-hydrogen) atoms. The summed E-state index contributed by atoms with van der Waals surface area (Å²) >= 11 is 0. The van der Waals surface area contributed by atoms with Crippen molar-refractivity contribution >= 4 is 0 Å². The standard InChI is InChI=1S/C8H18N2.C6H14N2/c1-8(2)4-5-10(3)6-7(8)9;1-8-4-2-3-6(7)5-8/h7H,4-6,9H2,1-3H3;6H,2-5,7H2,1H3. The zero-order valence-corrected chi connectivity index (χ0v) is 12.7. The molecule has 4 nitrogen and oxygen atoms in total. The summed E-state index contributed by atoms with van der Waals surface area (Å²) in [7, 11) is 4.26. The summed E-state index contributed by atoms with van der Waals surface area (Å²) in [6.45, 7) is 9.07. The molecule has 0 aromatic carbocycles. The van der Waals surface area contributed by atoms with Crippen LogP contribution in [0.1, 0.15) is 33.1 Å². The summed E-state index contributed by atoms with van der Waals surface area (Å²) in [5.74, 6) is 0. The van der Waals surface area contributed by atoms with Crippen molar-refractivity contribution in [1.82, 2.24) is 9.80 Å². The van der Waals surface area contributed by atoms with Gasteiger partial charge in [-0.2, -0.15) is 0 Å². The van der Waals surface area contributed by atoms with Gasteiger partial charge in [0.2, 0.25) is 0 Å². The van der Waals surface area contributed by atoms with Crippen molar-refractivity contribution in [3.05, 3.63) is 0 Å². The summed E-state index contributed by atoms with van der Waals surface area (Å²) in [6, 6.07) is 0.792. The minimum Gasteiger partial charge on any atom is -0.327 e. The number of rotatable bonds is 0. The van der Waals surface area contributed by atoms with Gasteiger partial charge in [0.15, 0.2) is 0 Å². The summed E-state index contributed by atoms with van der Waals surface area (Å²) in [6.07, 6.45) is 3.71. The fourth-order valence-electron chi connectivity index (χ4n) is 2.54. The molecule has 2 aliphatic heterocycles. The van der Waals surface area contributed by atoms with Gasteiger partial charge < -0.3 is 21.3 Å². The second kappa shape index (κ2) is 6.85. The van der Waals surface area contributed by atoms with Crippen molar-refractivity contribution in [2.24, 2.45) is 16.9 Å². The molecule has 2 saturated heterocycles. The highest BCUT2D eigenvalue weighted by Gasteiger charge is 2.31. The van der Waals surface area contributed by atoms with Crippen LogP contribution in [0.4, 0.5) is 0 Å². The zero-order valence-electron chi connectivity index (χ0n) is 12.7. The number of nitrogens with zero attached hydrogens (tertiary/aromatic N) is 2. The first-order chi connectivity index (χ1) is 8.31. The Morgan fingerprint density at radius 2 is 1.61 bits per heavy atom. The molecule has 2 heterocycles. The van der Waals surface area contributed by atoms with E-state index in [0.29, 0.717) is 17.5 Å². The Labute approximate surface area is 113 Å². The molecule has 4 heteroatoms. The van der Waals surface area contributed by atoms with Crippen molar-refractivity contribution in [3.8, 4) is 0 Å². The van der Waals surface area contributed by atoms with E-state index >= 15 is 0 Å². The normalized spacial score (nSPS) is 33.7. The third kappa shape index (κ3) is 5.22. The number of hydrogen-bond donors (Lipinski definition) is 2. The van der Waals surface area contributed by atoms with Gasteiger partial charge in [-0.3, -0.25) is 0 Å². The van der Waals surface area contributed by atoms with Crippen LogP contribution in [0, 0.1) is 5.41 Å². The van der Waals surface area contributed by atoms with Crippen molar-refractivity contribution in [2.45, 2.75) is 45.2 Å². The van der Waals surface area contributed by atoms with Crippen LogP contribution >= 0.6 is 0 Å². The molecule has 0 bridgehead atoms. The molecule has 0 aromatic rings. The Morgan fingerprint density at radius 3 is 2.00 bits per heavy atom. The maximum atomic E-state index is 5.96. The molecule has 0 aromatic heterocycles. The van der Waals surface area contributed by atoms with Crippen LogP contribution in [-0.2, 0) is 0 Å². The number of nitrogens with two attached hydrogens (primary N) is 2. The molecule has 0 saturated carbocycles. The van der Waals surface area contributed by atoms with Crippen molar-refractivity contribution in [2.75, 3.05) is 40.3 Å². The molecule has 2 rings (SSSR count). The minimum absolute atomic E-state index is 0.353. The Hall–Kier alpha value is -0.160. The van der Waals surface area contributed by atoms with E-state index in [1.54, 1.807) is 0 Å². The highest BCUT2D eigenvalue weighted by Crippen LogP contribution is 2.27. The predicted molar refractivity (Wildman–Crippen MR) is 78.6 cm³/mol. The SMILES string of the molecule is CN1CCC(C)(C)C(N)C1.CN1CCCC(N)C1. The van der Waals surface area contributed by atoms with E-state index in [1.165, 1.54) is 32.4 Å². The minimum atomic E-state index is 0.353. The highest BCUT2D eigenvalue weighted by molar-refractivity contribution is 4.88. The average molecular weight is 256 g/mol. The van der Waals surface area contributed by atoms with Gasteiger partial charge in [0, 0.05) is 25.2 Å². The second-order valence-corrected chi connectivity index (χ2v) is 6.77. The fourth-order valence-corrected chi connectivity index (χ4v) is 2.54. The van der Waals surface area contributed by atoms with E-state index in [4.69, 9.17) is 11.5 Å². The summed E-state index contributed by atoms with van der Waals surface area (Å²) in [4.78, 5) is 4.59. The van der Waals surface area contributed by atoms with Gasteiger partial charge in [-0.15, -0.1) is 0 Å². The molecule has 2 aliphatic rings. The van der Waals surface area contributed by atoms with Crippen molar-refractivity contribution in [3.63, 3.8) is 0 Å². The van der Waals surface area contributed by atoms with Crippen LogP contribution in [0.2, 0.25) is 0 Å². The smallest absolute Gasteiger partial charge is 0.0220 e. The third-order valence-corrected chi connectivity index (χ3v) is 4.31. The van der Waals surface area contributed by atoms with Crippen LogP contribution in [0.5, 0.6) is 0 Å². The predicted octanol–water partition coefficient (Wildman–Crippen LogP) is 0.715. The monoisotopic (exact) mass is 256 g/mol. The molecule has 0 aliphatic carbocycles. The van der Waals surface area contributed by atoms with Crippen LogP contribution in [0.25, 0.3) is 0 Å². The zero-order chi connectivity index (χ0) is 13.8. The Bertz CT molecular complexity index is 234. The van der Waals surface area contributed by atoms with Crippen LogP contribution < -0.4 is 11.5 Å². The Kier molecular flexibility index (Phi) is 6.05. The van der Waals surface area contributed by atoms with Gasteiger partial charge in [0.05, 0.1) is 0 Å². The van der Waals surface area contributed by atoms with Gasteiger partial charge in [-0.05, 0) is 51.9 Å². The first-order valence-electron chi connectivity index (χ1n) is 7.19. The first kappa shape index (κ1) is 15.9. The van der Waals surface area contributed by atoms with E-state index < -0.39 is 0 Å². The largest absolute Gasteiger partial charge is 0.327 e. The fraction of sp³-hybridized carbons (Fsp3) is 1.00. The summed E-state index contributed by atoms with van der Waals surface area (Å²) < 4.78 is 0. The number of likely N-dealkylation sites (N-methyl/N-ethyl adjacent to an activating group) is 2. The average Bonchev–Trinajstić information content (AvgIpc) is 2.25. The van der Waals surface area contributed by atoms with E-state index in [-0.39, 0.29) is 0 Å². The number of likely N-dealkylation sites (tertiary alicyclic amines) is 2. The van der Waals surface area contributed by atoms with Crippen molar-refractivity contribution < 1.29 is 0 Å². The molecule has 2 fully saturated rings. The van der Waals surface area contributed by atoms with Gasteiger partial charge in [0.25, 0.3) is 0 Å². The lowest BCUT2D eigenvalue weighted by Gasteiger charge is -2.40. The Balaban J connectivity index is 0.000000184. The van der Waals surface area contributed by atoms with Crippen LogP contribution in [0.15, 0.2) is 0 Å². The van der Waals surface area contributed by atoms with E-state index in [9.17, 15) is 0 Å². The molecule has 0 spiro atoms. The molecule has 0 amide bonds. The molecular formula is C14H32N4. The quantitative estimate of drug-likeness (QED) is 0.670. The van der Waals surface area contributed by atoms with Crippen LogP contribution in [0.3, 0.4) is 0 Å². The summed E-state index contributed by atoms with van der Waals surface area (Å²) in [5, 5.41) is 0. The van der Waals surface area contributed by atoms with Gasteiger partial charge in [-0.1, -0.05) is 13.8 Å². The lowest BCUT2D eigenvalue weighted by atomic mass is 9.79. The Morgan fingerprint density at radius 1 is 1.00 bits per heavy atom. The maximum Gasteiger partial charge on any atom is 0.0220 e. The second-order valence-electron chi connectivity index (χ2n) is 6.77. The number of hydrogen-bond acceptors (Lipinski definition) is 4. The van der Waals surface area contributed by atoms with Gasteiger partial charge in [-0.25, -0.2) is 0 Å². The topological polar surface area (TPSA) is 58.5 Å². The third-order valence-electron chi connectivity index (χ3n) is 4.31. The molecule has 0 radical (unpaired) electrons.